The van der Waals surface area contributed by atoms with E-state index in [1.807, 2.05) is 31.2 Å². The van der Waals surface area contributed by atoms with E-state index in [4.69, 9.17) is 20.8 Å². The molecule has 3 N–H and O–H groups in total. The van der Waals surface area contributed by atoms with Crippen molar-refractivity contribution in [1.29, 1.82) is 0 Å². The molecule has 8 nitrogen and oxygen atoms in total. The van der Waals surface area contributed by atoms with Crippen LogP contribution >= 0.6 is 35.6 Å². The highest BCUT2D eigenvalue weighted by molar-refractivity contribution is 14.0. The van der Waals surface area contributed by atoms with Crippen molar-refractivity contribution in [3.05, 3.63) is 53.0 Å². The fourth-order valence-corrected chi connectivity index (χ4v) is 2.82. The predicted octanol–water partition coefficient (Wildman–Crippen LogP) is 3.64. The number of aliphatic imine (C=N–C) groups is 1. The second-order valence-electron chi connectivity index (χ2n) is 5.91. The van der Waals surface area contributed by atoms with Gasteiger partial charge in [0.05, 0.1) is 13.4 Å². The van der Waals surface area contributed by atoms with Crippen LogP contribution in [0.3, 0.4) is 0 Å². The van der Waals surface area contributed by atoms with Gasteiger partial charge in [-0.1, -0.05) is 17.7 Å². The van der Waals surface area contributed by atoms with Crippen LogP contribution in [0.1, 0.15) is 18.3 Å². The summed E-state index contributed by atoms with van der Waals surface area (Å²) in [5, 5.41) is 14.2. The Hall–Kier alpha value is -2.27. The molecule has 0 radical (unpaired) electrons. The number of benzene rings is 1. The number of nitrogens with zero attached hydrogens (tertiary/aromatic N) is 3. The predicted molar refractivity (Wildman–Crippen MR) is 124 cm³/mol. The molecule has 0 bridgehead atoms. The standard InChI is InChI=1S/C19H23ClN6O2.HI/c1-3-21-19(22-9-8-13-6-7-14(27-2)11-15(13)20)23-12-17-24-18(26-25-17)16-5-4-10-28-16;/h4-7,10-11H,3,8-9,12H2,1-2H3,(H2,21,22,23)(H,24,25,26);1H. The Kier molecular flexibility index (Phi) is 9.26. The Morgan fingerprint density at radius 2 is 2.17 bits per heavy atom. The summed E-state index contributed by atoms with van der Waals surface area (Å²) in [5.74, 6) is 3.23. The molecule has 1 aromatic carbocycles. The number of methoxy groups -OCH3 is 1. The van der Waals surface area contributed by atoms with Gasteiger partial charge in [-0.3, -0.25) is 5.10 Å². The van der Waals surface area contributed by atoms with Crippen LogP contribution in [0.25, 0.3) is 11.6 Å². The van der Waals surface area contributed by atoms with Gasteiger partial charge >= 0.3 is 0 Å². The van der Waals surface area contributed by atoms with E-state index in [2.05, 4.69) is 30.8 Å². The third kappa shape index (κ3) is 6.64. The number of aromatic amines is 1. The normalized spacial score (nSPS) is 11.1. The Labute approximate surface area is 191 Å². The third-order valence-electron chi connectivity index (χ3n) is 3.95. The second-order valence-corrected chi connectivity index (χ2v) is 6.32. The van der Waals surface area contributed by atoms with Gasteiger partial charge in [0.15, 0.2) is 11.7 Å². The lowest BCUT2D eigenvalue weighted by atomic mass is 10.1. The number of hydrogen-bond donors (Lipinski definition) is 3. The van der Waals surface area contributed by atoms with Crippen molar-refractivity contribution in [1.82, 2.24) is 25.8 Å². The summed E-state index contributed by atoms with van der Waals surface area (Å²) in [5.41, 5.74) is 1.05. The molecule has 10 heteroatoms. The molecule has 0 amide bonds. The fourth-order valence-electron chi connectivity index (χ4n) is 2.55. The van der Waals surface area contributed by atoms with Crippen molar-refractivity contribution < 1.29 is 9.15 Å². The molecule has 156 valence electrons. The number of rotatable bonds is 8. The van der Waals surface area contributed by atoms with Gasteiger partial charge in [0.1, 0.15) is 18.1 Å². The van der Waals surface area contributed by atoms with Crippen LogP contribution in [0.2, 0.25) is 5.02 Å². The number of hydrogen-bond acceptors (Lipinski definition) is 5. The van der Waals surface area contributed by atoms with E-state index in [1.165, 1.54) is 0 Å². The molecule has 0 aliphatic heterocycles. The highest BCUT2D eigenvalue weighted by atomic mass is 127. The quantitative estimate of drug-likeness (QED) is 0.234. The molecular weight excluding hydrogens is 507 g/mol. The first-order chi connectivity index (χ1) is 13.7. The van der Waals surface area contributed by atoms with Crippen LogP contribution in [0, 0.1) is 0 Å². The maximum atomic E-state index is 6.29. The van der Waals surface area contributed by atoms with E-state index in [0.29, 0.717) is 41.5 Å². The van der Waals surface area contributed by atoms with E-state index >= 15 is 0 Å². The Morgan fingerprint density at radius 1 is 1.31 bits per heavy atom. The van der Waals surface area contributed by atoms with Crippen LogP contribution in [0.15, 0.2) is 46.0 Å². The summed E-state index contributed by atoms with van der Waals surface area (Å²) in [6.07, 6.45) is 2.35. The van der Waals surface area contributed by atoms with Gasteiger partial charge in [0.2, 0.25) is 5.82 Å². The zero-order chi connectivity index (χ0) is 19.8. The van der Waals surface area contributed by atoms with Crippen LogP contribution in [0.4, 0.5) is 0 Å². The van der Waals surface area contributed by atoms with E-state index in [1.54, 1.807) is 19.4 Å². The van der Waals surface area contributed by atoms with Crippen LogP contribution in [-0.2, 0) is 13.0 Å². The van der Waals surface area contributed by atoms with Crippen molar-refractivity contribution >= 4 is 41.5 Å². The molecule has 0 saturated carbocycles. The Bertz CT molecular complexity index is 913. The van der Waals surface area contributed by atoms with Crippen LogP contribution < -0.4 is 15.4 Å². The molecule has 0 aliphatic carbocycles. The van der Waals surface area contributed by atoms with Crippen molar-refractivity contribution in [2.75, 3.05) is 20.2 Å². The lowest BCUT2D eigenvalue weighted by molar-refractivity contribution is 0.414. The van der Waals surface area contributed by atoms with Crippen molar-refractivity contribution in [3.63, 3.8) is 0 Å². The van der Waals surface area contributed by atoms with Gasteiger partial charge in [-0.25, -0.2) is 9.98 Å². The third-order valence-corrected chi connectivity index (χ3v) is 4.30. The second kappa shape index (κ2) is 11.7. The van der Waals surface area contributed by atoms with Crippen LogP contribution in [0.5, 0.6) is 5.75 Å². The first kappa shape index (κ1) is 23.0. The summed E-state index contributed by atoms with van der Waals surface area (Å²) in [4.78, 5) is 8.92. The maximum absolute atomic E-state index is 6.29. The molecule has 3 aromatic rings. The molecule has 2 aromatic heterocycles. The minimum absolute atomic E-state index is 0. The topological polar surface area (TPSA) is 100 Å². The smallest absolute Gasteiger partial charge is 0.216 e. The molecule has 2 heterocycles. The maximum Gasteiger partial charge on any atom is 0.216 e. The molecule has 29 heavy (non-hydrogen) atoms. The van der Waals surface area contributed by atoms with Gasteiger partial charge in [0, 0.05) is 18.1 Å². The lowest BCUT2D eigenvalue weighted by Crippen LogP contribution is -2.38. The van der Waals surface area contributed by atoms with Gasteiger partial charge in [-0.2, -0.15) is 0 Å². The molecule has 0 fully saturated rings. The largest absolute Gasteiger partial charge is 0.497 e. The number of H-pyrrole nitrogens is 1. The number of guanidine groups is 1. The highest BCUT2D eigenvalue weighted by Crippen LogP contribution is 2.22. The van der Waals surface area contributed by atoms with Crippen molar-refractivity contribution in [2.45, 2.75) is 19.9 Å². The van der Waals surface area contributed by atoms with Gasteiger partial charge in [0.25, 0.3) is 0 Å². The zero-order valence-electron chi connectivity index (χ0n) is 16.2. The average Bonchev–Trinajstić information content (AvgIpc) is 3.39. The number of nitrogens with one attached hydrogen (secondary N) is 3. The Morgan fingerprint density at radius 3 is 2.86 bits per heavy atom. The van der Waals surface area contributed by atoms with E-state index in [-0.39, 0.29) is 24.0 Å². The SMILES string of the molecule is CCNC(=NCc1nc(-c2ccco2)n[nH]1)NCCc1ccc(OC)cc1Cl.I. The molecule has 0 saturated heterocycles. The minimum Gasteiger partial charge on any atom is -0.497 e. The number of furan rings is 1. The Balaban J connectivity index is 0.00000300. The van der Waals surface area contributed by atoms with Crippen LogP contribution in [-0.4, -0.2) is 41.3 Å². The number of halogens is 2. The van der Waals surface area contributed by atoms with E-state index < -0.39 is 0 Å². The molecular formula is C19H24ClIN6O2. The van der Waals surface area contributed by atoms with Crippen molar-refractivity contribution in [2.24, 2.45) is 4.99 Å². The number of aromatic nitrogens is 3. The zero-order valence-corrected chi connectivity index (χ0v) is 19.3. The summed E-state index contributed by atoms with van der Waals surface area (Å²) in [7, 11) is 1.62. The monoisotopic (exact) mass is 530 g/mol. The van der Waals surface area contributed by atoms with Gasteiger partial charge in [-0.05, 0) is 43.2 Å². The fraction of sp³-hybridized carbons (Fsp3) is 0.316. The van der Waals surface area contributed by atoms with Gasteiger partial charge in [-0.15, -0.1) is 29.1 Å². The number of ether oxygens (including phenoxy) is 1. The summed E-state index contributed by atoms with van der Waals surface area (Å²) in [6.45, 7) is 3.82. The highest BCUT2D eigenvalue weighted by Gasteiger charge is 2.08. The van der Waals surface area contributed by atoms with E-state index in [0.717, 1.165) is 24.3 Å². The summed E-state index contributed by atoms with van der Waals surface area (Å²) < 4.78 is 10.5. The summed E-state index contributed by atoms with van der Waals surface area (Å²) >= 11 is 6.29. The first-order valence-electron chi connectivity index (χ1n) is 8.99. The van der Waals surface area contributed by atoms with E-state index in [9.17, 15) is 0 Å². The van der Waals surface area contributed by atoms with Crippen molar-refractivity contribution in [3.8, 4) is 17.3 Å². The molecule has 0 aliphatic rings. The molecule has 3 rings (SSSR count). The minimum atomic E-state index is 0. The molecule has 0 atom stereocenters. The lowest BCUT2D eigenvalue weighted by Gasteiger charge is -2.12. The first-order valence-corrected chi connectivity index (χ1v) is 9.37. The average molecular weight is 531 g/mol. The molecule has 0 spiro atoms. The van der Waals surface area contributed by atoms with Gasteiger partial charge < -0.3 is 19.8 Å². The summed E-state index contributed by atoms with van der Waals surface area (Å²) in [6, 6.07) is 9.30. The molecule has 0 unspecified atom stereocenters.